The van der Waals surface area contributed by atoms with Crippen LogP contribution in [-0.4, -0.2) is 59.3 Å². The van der Waals surface area contributed by atoms with Crippen molar-refractivity contribution >= 4 is 11.8 Å². The summed E-state index contributed by atoms with van der Waals surface area (Å²) in [4.78, 5) is 16.7. The Kier molecular flexibility index (Phi) is 4.80. The van der Waals surface area contributed by atoms with Gasteiger partial charge < -0.3 is 14.3 Å². The molecule has 2 aromatic rings. The predicted octanol–water partition coefficient (Wildman–Crippen LogP) is 2.31. The van der Waals surface area contributed by atoms with Crippen molar-refractivity contribution in [2.45, 2.75) is 40.2 Å². The second-order valence-electron chi connectivity index (χ2n) is 7.43. The van der Waals surface area contributed by atoms with Gasteiger partial charge in [0.1, 0.15) is 11.6 Å². The van der Waals surface area contributed by atoms with E-state index in [1.165, 1.54) is 18.4 Å². The molecular weight excluding hydrogens is 328 g/mol. The Morgan fingerprint density at radius 3 is 2.31 bits per heavy atom. The lowest BCUT2D eigenvalue weighted by Gasteiger charge is -2.35. The third-order valence-corrected chi connectivity index (χ3v) is 5.48. The first-order valence-electron chi connectivity index (χ1n) is 9.60. The topological polar surface area (TPSA) is 61.5 Å². The van der Waals surface area contributed by atoms with E-state index in [0.29, 0.717) is 0 Å². The van der Waals surface area contributed by atoms with E-state index in [4.69, 9.17) is 14.5 Å². The minimum Gasteiger partial charge on any atom is -0.361 e. The van der Waals surface area contributed by atoms with Gasteiger partial charge >= 0.3 is 0 Å². The molecule has 7 nitrogen and oxygen atoms in total. The zero-order valence-electron chi connectivity index (χ0n) is 16.0. The Balaban J connectivity index is 1.41. The quantitative estimate of drug-likeness (QED) is 0.833. The molecular formula is C19H28N6O. The summed E-state index contributed by atoms with van der Waals surface area (Å²) >= 11 is 0. The fourth-order valence-electron chi connectivity index (χ4n) is 3.84. The Morgan fingerprint density at radius 1 is 0.923 bits per heavy atom. The van der Waals surface area contributed by atoms with Crippen LogP contribution < -0.4 is 9.80 Å². The number of aromatic nitrogens is 3. The Bertz CT molecular complexity index is 740. The fourth-order valence-corrected chi connectivity index (χ4v) is 3.84. The molecule has 2 aliphatic heterocycles. The summed E-state index contributed by atoms with van der Waals surface area (Å²) in [7, 11) is 0. The molecule has 2 saturated heterocycles. The molecule has 0 saturated carbocycles. The van der Waals surface area contributed by atoms with Gasteiger partial charge in [0.15, 0.2) is 0 Å². The molecule has 0 aromatic carbocycles. The van der Waals surface area contributed by atoms with Crippen molar-refractivity contribution in [2.24, 2.45) is 0 Å². The normalized spacial score (nSPS) is 18.7. The molecule has 0 amide bonds. The number of anilines is 2. The summed E-state index contributed by atoms with van der Waals surface area (Å²) in [5.41, 5.74) is 3.28. The molecule has 26 heavy (non-hydrogen) atoms. The monoisotopic (exact) mass is 356 g/mol. The average Bonchev–Trinajstić information content (AvgIpc) is 3.28. The first kappa shape index (κ1) is 17.3. The fraction of sp³-hybridized carbons (Fsp3) is 0.632. The van der Waals surface area contributed by atoms with Crippen LogP contribution in [-0.2, 0) is 6.54 Å². The minimum atomic E-state index is 0.879. The summed E-state index contributed by atoms with van der Waals surface area (Å²) in [6.45, 7) is 13.1. The third kappa shape index (κ3) is 3.53. The van der Waals surface area contributed by atoms with Crippen molar-refractivity contribution in [3.63, 3.8) is 0 Å². The van der Waals surface area contributed by atoms with E-state index in [1.807, 2.05) is 13.8 Å². The summed E-state index contributed by atoms with van der Waals surface area (Å²) in [6.07, 6.45) is 2.53. The van der Waals surface area contributed by atoms with E-state index in [2.05, 4.69) is 32.8 Å². The molecule has 0 N–H and O–H groups in total. The van der Waals surface area contributed by atoms with Gasteiger partial charge in [-0.1, -0.05) is 5.16 Å². The maximum atomic E-state index is 5.29. The van der Waals surface area contributed by atoms with Gasteiger partial charge in [-0.3, -0.25) is 4.90 Å². The van der Waals surface area contributed by atoms with E-state index in [9.17, 15) is 0 Å². The van der Waals surface area contributed by atoms with Crippen LogP contribution in [0.4, 0.5) is 11.8 Å². The van der Waals surface area contributed by atoms with Crippen LogP contribution in [0.2, 0.25) is 0 Å². The number of aryl methyl sites for hydroxylation is 3. The number of nitrogens with zero attached hydrogens (tertiary/aromatic N) is 6. The lowest BCUT2D eigenvalue weighted by molar-refractivity contribution is 0.246. The SMILES string of the molecule is Cc1cc(N2CCCC2)nc(N2CCN(Cc3c(C)noc3C)CC2)n1. The smallest absolute Gasteiger partial charge is 0.227 e. The van der Waals surface area contributed by atoms with E-state index < -0.39 is 0 Å². The summed E-state index contributed by atoms with van der Waals surface area (Å²) in [5, 5.41) is 4.06. The number of hydrogen-bond donors (Lipinski definition) is 0. The maximum Gasteiger partial charge on any atom is 0.227 e. The number of rotatable bonds is 4. The van der Waals surface area contributed by atoms with Gasteiger partial charge in [-0.15, -0.1) is 0 Å². The second-order valence-corrected chi connectivity index (χ2v) is 7.43. The van der Waals surface area contributed by atoms with E-state index in [-0.39, 0.29) is 0 Å². The van der Waals surface area contributed by atoms with Crippen molar-refractivity contribution < 1.29 is 4.52 Å². The molecule has 0 radical (unpaired) electrons. The first-order valence-corrected chi connectivity index (χ1v) is 9.60. The lowest BCUT2D eigenvalue weighted by Crippen LogP contribution is -2.46. The lowest BCUT2D eigenvalue weighted by atomic mass is 10.2. The summed E-state index contributed by atoms with van der Waals surface area (Å²) < 4.78 is 5.29. The average molecular weight is 356 g/mol. The molecule has 4 heterocycles. The first-order chi connectivity index (χ1) is 12.6. The molecule has 140 valence electrons. The van der Waals surface area contributed by atoms with E-state index in [1.54, 1.807) is 0 Å². The predicted molar refractivity (Wildman–Crippen MR) is 102 cm³/mol. The molecule has 0 aliphatic carbocycles. The van der Waals surface area contributed by atoms with Crippen molar-refractivity contribution in [1.29, 1.82) is 0 Å². The zero-order valence-corrected chi connectivity index (χ0v) is 16.0. The van der Waals surface area contributed by atoms with Crippen molar-refractivity contribution in [2.75, 3.05) is 49.1 Å². The van der Waals surface area contributed by atoms with Crippen LogP contribution >= 0.6 is 0 Å². The molecule has 7 heteroatoms. The molecule has 2 aromatic heterocycles. The van der Waals surface area contributed by atoms with Gasteiger partial charge in [0.25, 0.3) is 0 Å². The Labute approximate surface area is 155 Å². The van der Waals surface area contributed by atoms with Crippen LogP contribution in [0.25, 0.3) is 0 Å². The molecule has 2 fully saturated rings. The van der Waals surface area contributed by atoms with Crippen molar-refractivity contribution in [3.05, 3.63) is 28.8 Å². The van der Waals surface area contributed by atoms with Crippen molar-refractivity contribution in [3.8, 4) is 0 Å². The summed E-state index contributed by atoms with van der Waals surface area (Å²) in [5.74, 6) is 2.90. The number of hydrogen-bond acceptors (Lipinski definition) is 7. The van der Waals surface area contributed by atoms with Gasteiger partial charge in [-0.25, -0.2) is 4.98 Å². The highest BCUT2D eigenvalue weighted by molar-refractivity contribution is 5.46. The van der Waals surface area contributed by atoms with Crippen LogP contribution in [0, 0.1) is 20.8 Å². The Hall–Kier alpha value is -2.15. The highest BCUT2D eigenvalue weighted by atomic mass is 16.5. The third-order valence-electron chi connectivity index (χ3n) is 5.48. The van der Waals surface area contributed by atoms with Gasteiger partial charge in [-0.2, -0.15) is 4.98 Å². The summed E-state index contributed by atoms with van der Waals surface area (Å²) in [6, 6.07) is 2.11. The molecule has 2 aliphatic rings. The van der Waals surface area contributed by atoms with Crippen LogP contribution in [0.5, 0.6) is 0 Å². The van der Waals surface area contributed by atoms with Crippen LogP contribution in [0.1, 0.15) is 35.6 Å². The van der Waals surface area contributed by atoms with Gasteiger partial charge in [0, 0.05) is 63.1 Å². The molecule has 4 rings (SSSR count). The number of piperazine rings is 1. The highest BCUT2D eigenvalue weighted by Gasteiger charge is 2.23. The molecule has 0 spiro atoms. The van der Waals surface area contributed by atoms with Crippen LogP contribution in [0.3, 0.4) is 0 Å². The molecule has 0 atom stereocenters. The van der Waals surface area contributed by atoms with Gasteiger partial charge in [-0.05, 0) is 33.6 Å². The second kappa shape index (κ2) is 7.23. The zero-order chi connectivity index (χ0) is 18.1. The Morgan fingerprint density at radius 2 is 1.65 bits per heavy atom. The highest BCUT2D eigenvalue weighted by Crippen LogP contribution is 2.23. The van der Waals surface area contributed by atoms with Gasteiger partial charge in [0.2, 0.25) is 5.95 Å². The molecule has 0 bridgehead atoms. The standard InChI is InChI=1S/C19H28N6O/c1-14-12-18(24-6-4-5-7-24)21-19(20-14)25-10-8-23(9-11-25)13-17-15(2)22-26-16(17)3/h12H,4-11,13H2,1-3H3. The van der Waals surface area contributed by atoms with Crippen LogP contribution in [0.15, 0.2) is 10.6 Å². The largest absolute Gasteiger partial charge is 0.361 e. The minimum absolute atomic E-state index is 0.879. The van der Waals surface area contributed by atoms with E-state index in [0.717, 1.165) is 74.7 Å². The van der Waals surface area contributed by atoms with E-state index >= 15 is 0 Å². The maximum absolute atomic E-state index is 5.29. The van der Waals surface area contributed by atoms with Gasteiger partial charge in [0.05, 0.1) is 5.69 Å². The molecule has 0 unspecified atom stereocenters. The van der Waals surface area contributed by atoms with Crippen molar-refractivity contribution in [1.82, 2.24) is 20.0 Å².